The standard InChI is InChI=1S/C13H16BrNO2/c1-9(12-3-2-8-17-12)15-13(16)10-4-6-11(14)7-5-10/h4-7,9,12H,2-3,8H2,1H3,(H,15,16)/t9-,12-/m0/s1. The number of nitrogens with one attached hydrogen (secondary N) is 1. The summed E-state index contributed by atoms with van der Waals surface area (Å²) in [5.74, 6) is -0.0412. The summed E-state index contributed by atoms with van der Waals surface area (Å²) in [6.07, 6.45) is 2.28. The molecule has 0 aliphatic carbocycles. The van der Waals surface area contributed by atoms with Gasteiger partial charge >= 0.3 is 0 Å². The Morgan fingerprint density at radius 1 is 1.47 bits per heavy atom. The maximum absolute atomic E-state index is 11.9. The molecule has 0 spiro atoms. The molecule has 0 radical (unpaired) electrons. The summed E-state index contributed by atoms with van der Waals surface area (Å²) in [7, 11) is 0. The van der Waals surface area contributed by atoms with Gasteiger partial charge in [0.1, 0.15) is 0 Å². The Morgan fingerprint density at radius 2 is 2.18 bits per heavy atom. The molecule has 1 aromatic carbocycles. The van der Waals surface area contributed by atoms with Gasteiger partial charge in [-0.2, -0.15) is 0 Å². The number of rotatable bonds is 3. The van der Waals surface area contributed by atoms with Gasteiger partial charge in [-0.15, -0.1) is 0 Å². The molecule has 0 aromatic heterocycles. The van der Waals surface area contributed by atoms with E-state index >= 15 is 0 Å². The Labute approximate surface area is 110 Å². The van der Waals surface area contributed by atoms with Crippen LogP contribution >= 0.6 is 15.9 Å². The number of carbonyl (C=O) groups is 1. The lowest BCUT2D eigenvalue weighted by Gasteiger charge is -2.19. The highest BCUT2D eigenvalue weighted by Gasteiger charge is 2.23. The van der Waals surface area contributed by atoms with E-state index in [2.05, 4.69) is 21.2 Å². The topological polar surface area (TPSA) is 38.3 Å². The number of halogens is 1. The van der Waals surface area contributed by atoms with Gasteiger partial charge in [0.15, 0.2) is 0 Å². The highest BCUT2D eigenvalue weighted by Crippen LogP contribution is 2.16. The molecule has 0 saturated carbocycles. The minimum atomic E-state index is -0.0412. The third-order valence-corrected chi connectivity index (χ3v) is 3.52. The minimum absolute atomic E-state index is 0.0412. The molecule has 1 aliphatic heterocycles. The first-order chi connectivity index (χ1) is 8.16. The lowest BCUT2D eigenvalue weighted by atomic mass is 10.1. The van der Waals surface area contributed by atoms with Crippen molar-refractivity contribution in [1.82, 2.24) is 5.32 Å². The molecule has 1 fully saturated rings. The van der Waals surface area contributed by atoms with Crippen LogP contribution in [0.4, 0.5) is 0 Å². The van der Waals surface area contributed by atoms with Crippen molar-refractivity contribution in [2.24, 2.45) is 0 Å². The molecule has 1 heterocycles. The second-order valence-corrected chi connectivity index (χ2v) is 5.24. The van der Waals surface area contributed by atoms with Crippen LogP contribution in [0, 0.1) is 0 Å². The average Bonchev–Trinajstić information content (AvgIpc) is 2.83. The summed E-state index contributed by atoms with van der Waals surface area (Å²) in [4.78, 5) is 11.9. The summed E-state index contributed by atoms with van der Waals surface area (Å²) in [5, 5.41) is 2.98. The van der Waals surface area contributed by atoms with Gasteiger partial charge in [0.25, 0.3) is 5.91 Å². The van der Waals surface area contributed by atoms with Crippen LogP contribution in [0.5, 0.6) is 0 Å². The first kappa shape index (κ1) is 12.6. The van der Waals surface area contributed by atoms with Crippen LogP contribution in [0.3, 0.4) is 0 Å². The molecule has 2 rings (SSSR count). The molecule has 4 heteroatoms. The smallest absolute Gasteiger partial charge is 0.251 e. The van der Waals surface area contributed by atoms with Gasteiger partial charge in [0, 0.05) is 16.6 Å². The highest BCUT2D eigenvalue weighted by molar-refractivity contribution is 9.10. The quantitative estimate of drug-likeness (QED) is 0.932. The van der Waals surface area contributed by atoms with Gasteiger partial charge < -0.3 is 10.1 Å². The van der Waals surface area contributed by atoms with Crippen molar-refractivity contribution < 1.29 is 9.53 Å². The summed E-state index contributed by atoms with van der Waals surface area (Å²) < 4.78 is 6.52. The largest absolute Gasteiger partial charge is 0.376 e. The van der Waals surface area contributed by atoms with Crippen LogP contribution < -0.4 is 5.32 Å². The minimum Gasteiger partial charge on any atom is -0.376 e. The highest BCUT2D eigenvalue weighted by atomic mass is 79.9. The normalized spacial score (nSPS) is 21.2. The molecule has 3 nitrogen and oxygen atoms in total. The number of amides is 1. The molecular formula is C13H16BrNO2. The van der Waals surface area contributed by atoms with Crippen molar-refractivity contribution in [3.05, 3.63) is 34.3 Å². The molecular weight excluding hydrogens is 282 g/mol. The summed E-state index contributed by atoms with van der Waals surface area (Å²) >= 11 is 3.35. The molecule has 1 saturated heterocycles. The van der Waals surface area contributed by atoms with Crippen molar-refractivity contribution >= 4 is 21.8 Å². The average molecular weight is 298 g/mol. The zero-order valence-corrected chi connectivity index (χ0v) is 11.4. The number of hydrogen-bond donors (Lipinski definition) is 1. The van der Waals surface area contributed by atoms with Crippen molar-refractivity contribution in [1.29, 1.82) is 0 Å². The predicted molar refractivity (Wildman–Crippen MR) is 70.0 cm³/mol. The van der Waals surface area contributed by atoms with Crippen LogP contribution in [0.2, 0.25) is 0 Å². The van der Waals surface area contributed by atoms with E-state index in [0.29, 0.717) is 5.56 Å². The maximum atomic E-state index is 11.9. The van der Waals surface area contributed by atoms with Crippen molar-refractivity contribution in [3.8, 4) is 0 Å². The van der Waals surface area contributed by atoms with E-state index < -0.39 is 0 Å². The lowest BCUT2D eigenvalue weighted by molar-refractivity contribution is 0.0712. The Morgan fingerprint density at radius 3 is 2.76 bits per heavy atom. The molecule has 17 heavy (non-hydrogen) atoms. The molecule has 1 aliphatic rings. The second-order valence-electron chi connectivity index (χ2n) is 4.32. The van der Waals surface area contributed by atoms with Crippen molar-refractivity contribution in [2.45, 2.75) is 31.9 Å². The van der Waals surface area contributed by atoms with Gasteiger partial charge in [-0.25, -0.2) is 0 Å². The Kier molecular flexibility index (Phi) is 4.18. The first-order valence-electron chi connectivity index (χ1n) is 5.85. The van der Waals surface area contributed by atoms with E-state index in [9.17, 15) is 4.79 Å². The van der Waals surface area contributed by atoms with Crippen LogP contribution in [-0.4, -0.2) is 24.7 Å². The molecule has 92 valence electrons. The number of carbonyl (C=O) groups excluding carboxylic acids is 1. The van der Waals surface area contributed by atoms with Gasteiger partial charge in [-0.1, -0.05) is 15.9 Å². The third kappa shape index (κ3) is 3.30. The zero-order valence-electron chi connectivity index (χ0n) is 9.78. The van der Waals surface area contributed by atoms with Gasteiger partial charge in [0.05, 0.1) is 12.1 Å². The maximum Gasteiger partial charge on any atom is 0.251 e. The van der Waals surface area contributed by atoms with E-state index in [1.165, 1.54) is 0 Å². The molecule has 1 N–H and O–H groups in total. The van der Waals surface area contributed by atoms with Crippen LogP contribution in [0.15, 0.2) is 28.7 Å². The molecule has 0 unspecified atom stereocenters. The Bertz CT molecular complexity index is 385. The second kappa shape index (κ2) is 5.65. The van der Waals surface area contributed by atoms with E-state index in [-0.39, 0.29) is 18.1 Å². The molecule has 1 aromatic rings. The van der Waals surface area contributed by atoms with Crippen LogP contribution in [-0.2, 0) is 4.74 Å². The fraction of sp³-hybridized carbons (Fsp3) is 0.462. The summed E-state index contributed by atoms with van der Waals surface area (Å²) in [6, 6.07) is 7.41. The number of benzene rings is 1. The van der Waals surface area contributed by atoms with Crippen molar-refractivity contribution in [2.75, 3.05) is 6.61 Å². The molecule has 2 atom stereocenters. The van der Waals surface area contributed by atoms with Crippen LogP contribution in [0.1, 0.15) is 30.1 Å². The van der Waals surface area contributed by atoms with E-state index in [1.807, 2.05) is 31.2 Å². The van der Waals surface area contributed by atoms with Crippen molar-refractivity contribution in [3.63, 3.8) is 0 Å². The van der Waals surface area contributed by atoms with Gasteiger partial charge in [-0.05, 0) is 44.0 Å². The molecule has 1 amide bonds. The molecule has 0 bridgehead atoms. The zero-order chi connectivity index (χ0) is 12.3. The van der Waals surface area contributed by atoms with E-state index in [1.54, 1.807) is 0 Å². The lowest BCUT2D eigenvalue weighted by Crippen LogP contribution is -2.40. The van der Waals surface area contributed by atoms with Gasteiger partial charge in [0.2, 0.25) is 0 Å². The Hall–Kier alpha value is -0.870. The number of ether oxygens (including phenoxy) is 1. The third-order valence-electron chi connectivity index (χ3n) is 2.99. The SMILES string of the molecule is C[C@H](NC(=O)c1ccc(Br)cc1)[C@@H]1CCCO1. The fourth-order valence-electron chi connectivity index (χ4n) is 1.98. The first-order valence-corrected chi connectivity index (χ1v) is 6.64. The van der Waals surface area contributed by atoms with Crippen LogP contribution in [0.25, 0.3) is 0 Å². The predicted octanol–water partition coefficient (Wildman–Crippen LogP) is 2.75. The monoisotopic (exact) mass is 297 g/mol. The number of hydrogen-bond acceptors (Lipinski definition) is 2. The fourth-order valence-corrected chi connectivity index (χ4v) is 2.25. The summed E-state index contributed by atoms with van der Waals surface area (Å²) in [5.41, 5.74) is 0.679. The summed E-state index contributed by atoms with van der Waals surface area (Å²) in [6.45, 7) is 2.80. The Balaban J connectivity index is 1.94. The van der Waals surface area contributed by atoms with E-state index in [0.717, 1.165) is 23.9 Å². The van der Waals surface area contributed by atoms with Gasteiger partial charge in [-0.3, -0.25) is 4.79 Å². The van der Waals surface area contributed by atoms with E-state index in [4.69, 9.17) is 4.74 Å².